The van der Waals surface area contributed by atoms with Gasteiger partial charge in [-0.15, -0.1) is 0 Å². The Morgan fingerprint density at radius 3 is 2.39 bits per heavy atom. The van der Waals surface area contributed by atoms with Crippen LogP contribution in [0, 0.1) is 5.82 Å². The van der Waals surface area contributed by atoms with Gasteiger partial charge in [0.15, 0.2) is 0 Å². The number of hydrogen-bond donors (Lipinski definition) is 1. The van der Waals surface area contributed by atoms with Crippen LogP contribution in [0.25, 0.3) is 0 Å². The smallest absolute Gasteiger partial charge is 0.305 e. The molecule has 0 saturated carbocycles. The Morgan fingerprint density at radius 2 is 1.87 bits per heavy atom. The van der Waals surface area contributed by atoms with Crippen molar-refractivity contribution in [1.82, 2.24) is 4.98 Å². The average molecular weight is 317 g/mol. The molecule has 0 saturated heterocycles. The lowest BCUT2D eigenvalue weighted by molar-refractivity contribution is -0.136. The van der Waals surface area contributed by atoms with Crippen molar-refractivity contribution in [2.45, 2.75) is 13.0 Å². The molecule has 0 aliphatic carbocycles. The van der Waals surface area contributed by atoms with E-state index in [9.17, 15) is 9.18 Å². The molecule has 1 heterocycles. The monoisotopic (exact) mass is 317 g/mol. The lowest BCUT2D eigenvalue weighted by Gasteiger charge is -2.24. The molecule has 122 valence electrons. The van der Waals surface area contributed by atoms with Crippen LogP contribution in [0.4, 0.5) is 15.9 Å². The van der Waals surface area contributed by atoms with Crippen LogP contribution in [0.1, 0.15) is 12.0 Å². The number of carboxylic acids is 1. The summed E-state index contributed by atoms with van der Waals surface area (Å²) in [5.74, 6) is -0.316. The number of carboxylic acid groups (broad SMARTS) is 1. The van der Waals surface area contributed by atoms with E-state index in [2.05, 4.69) is 4.98 Å². The molecule has 6 heteroatoms. The van der Waals surface area contributed by atoms with E-state index in [0.29, 0.717) is 13.1 Å². The number of carbonyl (C=O) groups is 1. The van der Waals surface area contributed by atoms with Gasteiger partial charge in [-0.3, -0.25) is 4.79 Å². The quantitative estimate of drug-likeness (QED) is 0.851. The van der Waals surface area contributed by atoms with E-state index in [1.807, 2.05) is 36.0 Å². The molecule has 1 aromatic heterocycles. The SMILES string of the molecule is CN(C)c1ccc(N(CCC(=O)O)Cc2ccc(F)cc2)cn1. The van der Waals surface area contributed by atoms with Crippen molar-refractivity contribution in [2.75, 3.05) is 30.4 Å². The van der Waals surface area contributed by atoms with Crippen molar-refractivity contribution in [1.29, 1.82) is 0 Å². The van der Waals surface area contributed by atoms with E-state index in [4.69, 9.17) is 5.11 Å². The first kappa shape index (κ1) is 16.7. The van der Waals surface area contributed by atoms with Gasteiger partial charge in [-0.25, -0.2) is 9.37 Å². The maximum atomic E-state index is 13.0. The van der Waals surface area contributed by atoms with Gasteiger partial charge in [0, 0.05) is 27.2 Å². The van der Waals surface area contributed by atoms with Crippen LogP contribution >= 0.6 is 0 Å². The highest BCUT2D eigenvalue weighted by Crippen LogP contribution is 2.19. The van der Waals surface area contributed by atoms with Crippen LogP contribution < -0.4 is 9.80 Å². The topological polar surface area (TPSA) is 56.7 Å². The largest absolute Gasteiger partial charge is 0.481 e. The molecule has 0 bridgehead atoms. The number of pyridine rings is 1. The number of aromatic nitrogens is 1. The van der Waals surface area contributed by atoms with Crippen molar-refractivity contribution >= 4 is 17.5 Å². The van der Waals surface area contributed by atoms with Crippen molar-refractivity contribution in [3.8, 4) is 0 Å². The molecular formula is C17H20FN3O2. The van der Waals surface area contributed by atoms with Crippen molar-refractivity contribution in [3.05, 3.63) is 54.0 Å². The first-order valence-corrected chi connectivity index (χ1v) is 7.30. The fourth-order valence-electron chi connectivity index (χ4n) is 2.17. The van der Waals surface area contributed by atoms with Gasteiger partial charge in [-0.1, -0.05) is 12.1 Å². The molecule has 1 N–H and O–H groups in total. The number of benzene rings is 1. The second-order valence-corrected chi connectivity index (χ2v) is 5.46. The minimum absolute atomic E-state index is 0.0244. The van der Waals surface area contributed by atoms with Gasteiger partial charge in [0.1, 0.15) is 11.6 Å². The maximum absolute atomic E-state index is 13.0. The van der Waals surface area contributed by atoms with E-state index < -0.39 is 5.97 Å². The minimum atomic E-state index is -0.855. The number of aliphatic carboxylic acids is 1. The number of nitrogens with zero attached hydrogens (tertiary/aromatic N) is 3. The molecule has 0 aliphatic heterocycles. The standard InChI is InChI=1S/C17H20FN3O2/c1-20(2)16-8-7-15(11-19-16)21(10-9-17(22)23)12-13-3-5-14(18)6-4-13/h3-8,11H,9-10,12H2,1-2H3,(H,22,23). The van der Waals surface area contributed by atoms with Crippen LogP contribution in [0.5, 0.6) is 0 Å². The Kier molecular flexibility index (Phi) is 5.51. The number of rotatable bonds is 7. The van der Waals surface area contributed by atoms with Gasteiger partial charge in [0.2, 0.25) is 0 Å². The lowest BCUT2D eigenvalue weighted by Crippen LogP contribution is -2.26. The molecule has 0 fully saturated rings. The van der Waals surface area contributed by atoms with Crippen molar-refractivity contribution in [3.63, 3.8) is 0 Å². The van der Waals surface area contributed by atoms with Crippen LogP contribution in [-0.4, -0.2) is 36.7 Å². The van der Waals surface area contributed by atoms with Crippen LogP contribution in [0.3, 0.4) is 0 Å². The molecule has 0 amide bonds. The summed E-state index contributed by atoms with van der Waals surface area (Å²) in [6, 6.07) is 9.99. The Labute approximate surface area is 135 Å². The van der Waals surface area contributed by atoms with Crippen molar-refractivity contribution < 1.29 is 14.3 Å². The molecule has 0 spiro atoms. The molecule has 0 unspecified atom stereocenters. The average Bonchev–Trinajstić information content (AvgIpc) is 2.53. The Balaban J connectivity index is 2.18. The van der Waals surface area contributed by atoms with Crippen LogP contribution in [0.15, 0.2) is 42.6 Å². The molecule has 1 aromatic carbocycles. The number of anilines is 2. The van der Waals surface area contributed by atoms with Crippen molar-refractivity contribution in [2.24, 2.45) is 0 Å². The minimum Gasteiger partial charge on any atom is -0.481 e. The molecule has 2 aromatic rings. The summed E-state index contributed by atoms with van der Waals surface area (Å²) in [6.45, 7) is 0.853. The number of hydrogen-bond acceptors (Lipinski definition) is 4. The van der Waals surface area contributed by atoms with Gasteiger partial charge >= 0.3 is 5.97 Å². The predicted octanol–water partition coefficient (Wildman–Crippen LogP) is 2.77. The highest BCUT2D eigenvalue weighted by Gasteiger charge is 2.11. The van der Waals surface area contributed by atoms with E-state index in [1.165, 1.54) is 12.1 Å². The molecule has 0 atom stereocenters. The van der Waals surface area contributed by atoms with E-state index >= 15 is 0 Å². The first-order chi connectivity index (χ1) is 11.0. The van der Waals surface area contributed by atoms with E-state index in [1.54, 1.807) is 18.3 Å². The summed E-state index contributed by atoms with van der Waals surface area (Å²) in [4.78, 5) is 19.1. The third-order valence-electron chi connectivity index (χ3n) is 3.44. The third-order valence-corrected chi connectivity index (χ3v) is 3.44. The normalized spacial score (nSPS) is 10.4. The highest BCUT2D eigenvalue weighted by atomic mass is 19.1. The lowest BCUT2D eigenvalue weighted by atomic mass is 10.2. The molecule has 0 aliphatic rings. The summed E-state index contributed by atoms with van der Waals surface area (Å²) in [7, 11) is 3.81. The van der Waals surface area contributed by atoms with Crippen LogP contribution in [0.2, 0.25) is 0 Å². The zero-order valence-corrected chi connectivity index (χ0v) is 13.2. The summed E-state index contributed by atoms with van der Waals surface area (Å²) >= 11 is 0. The third kappa shape index (κ3) is 4.95. The van der Waals surface area contributed by atoms with Gasteiger partial charge in [-0.05, 0) is 29.8 Å². The van der Waals surface area contributed by atoms with Crippen LogP contribution in [-0.2, 0) is 11.3 Å². The zero-order valence-electron chi connectivity index (χ0n) is 13.2. The fraction of sp³-hybridized carbons (Fsp3) is 0.294. The summed E-state index contributed by atoms with van der Waals surface area (Å²) in [5, 5.41) is 8.93. The predicted molar refractivity (Wildman–Crippen MR) is 88.3 cm³/mol. The fourth-order valence-corrected chi connectivity index (χ4v) is 2.17. The second kappa shape index (κ2) is 7.58. The molecular weight excluding hydrogens is 297 g/mol. The van der Waals surface area contributed by atoms with Gasteiger partial charge in [0.25, 0.3) is 0 Å². The molecule has 2 rings (SSSR count). The van der Waals surface area contributed by atoms with E-state index in [-0.39, 0.29) is 12.2 Å². The molecule has 5 nitrogen and oxygen atoms in total. The first-order valence-electron chi connectivity index (χ1n) is 7.30. The number of halogens is 1. The molecule has 0 radical (unpaired) electrons. The van der Waals surface area contributed by atoms with E-state index in [0.717, 1.165) is 17.1 Å². The Bertz CT molecular complexity index is 642. The summed E-state index contributed by atoms with van der Waals surface area (Å²) in [5.41, 5.74) is 1.75. The zero-order chi connectivity index (χ0) is 16.8. The summed E-state index contributed by atoms with van der Waals surface area (Å²) < 4.78 is 13.0. The maximum Gasteiger partial charge on any atom is 0.305 e. The summed E-state index contributed by atoms with van der Waals surface area (Å²) in [6.07, 6.45) is 1.75. The highest BCUT2D eigenvalue weighted by molar-refractivity contribution is 5.67. The Hall–Kier alpha value is -2.63. The molecule has 23 heavy (non-hydrogen) atoms. The van der Waals surface area contributed by atoms with Gasteiger partial charge in [-0.2, -0.15) is 0 Å². The second-order valence-electron chi connectivity index (χ2n) is 5.46. The Morgan fingerprint density at radius 1 is 1.17 bits per heavy atom. The van der Waals surface area contributed by atoms with Gasteiger partial charge in [0.05, 0.1) is 18.3 Å². The van der Waals surface area contributed by atoms with Gasteiger partial charge < -0.3 is 14.9 Å².